The minimum atomic E-state index is -0.499. The van der Waals surface area contributed by atoms with Crippen LogP contribution in [0.25, 0.3) is 0 Å². The fourth-order valence-electron chi connectivity index (χ4n) is 1.66. The lowest BCUT2D eigenvalue weighted by atomic mass is 9.93. The standard InChI is InChI=1S/C12H14N2O4/c15-12(13-9-3-1-4-9)8-18-11-6-2-5-10(7-11)14(16)17/h2,5-7,9H,1,3-4,8H2,(H,13,15). The molecule has 1 N–H and O–H groups in total. The summed E-state index contributed by atoms with van der Waals surface area (Å²) in [6, 6.07) is 6.06. The van der Waals surface area contributed by atoms with E-state index < -0.39 is 4.92 Å². The summed E-state index contributed by atoms with van der Waals surface area (Å²) in [5, 5.41) is 13.4. The number of rotatable bonds is 5. The average molecular weight is 250 g/mol. The van der Waals surface area contributed by atoms with Crippen LogP contribution in [-0.2, 0) is 4.79 Å². The van der Waals surface area contributed by atoms with E-state index in [1.807, 2.05) is 0 Å². The molecule has 18 heavy (non-hydrogen) atoms. The van der Waals surface area contributed by atoms with Gasteiger partial charge in [0.1, 0.15) is 5.75 Å². The molecule has 1 aromatic rings. The summed E-state index contributed by atoms with van der Waals surface area (Å²) >= 11 is 0. The van der Waals surface area contributed by atoms with Crippen molar-refractivity contribution in [2.75, 3.05) is 6.61 Å². The monoisotopic (exact) mass is 250 g/mol. The predicted molar refractivity (Wildman–Crippen MR) is 64.4 cm³/mol. The summed E-state index contributed by atoms with van der Waals surface area (Å²) in [5.41, 5.74) is -0.0492. The third-order valence-electron chi connectivity index (χ3n) is 2.87. The second-order valence-electron chi connectivity index (χ2n) is 4.24. The van der Waals surface area contributed by atoms with Crippen LogP contribution in [0.2, 0.25) is 0 Å². The van der Waals surface area contributed by atoms with Gasteiger partial charge < -0.3 is 10.1 Å². The maximum Gasteiger partial charge on any atom is 0.273 e. The van der Waals surface area contributed by atoms with Gasteiger partial charge in [0.2, 0.25) is 0 Å². The maximum absolute atomic E-state index is 11.5. The summed E-state index contributed by atoms with van der Waals surface area (Å²) in [5.74, 6) is 0.138. The molecule has 96 valence electrons. The molecule has 1 aliphatic carbocycles. The van der Waals surface area contributed by atoms with Crippen molar-refractivity contribution in [1.29, 1.82) is 0 Å². The van der Waals surface area contributed by atoms with Gasteiger partial charge in [-0.05, 0) is 25.3 Å². The first-order valence-corrected chi connectivity index (χ1v) is 5.82. The number of nitrogens with zero attached hydrogens (tertiary/aromatic N) is 1. The number of benzene rings is 1. The number of nitro groups is 1. The largest absolute Gasteiger partial charge is 0.484 e. The number of hydrogen-bond donors (Lipinski definition) is 1. The number of hydrogen-bond acceptors (Lipinski definition) is 4. The summed E-state index contributed by atoms with van der Waals surface area (Å²) < 4.78 is 5.21. The zero-order chi connectivity index (χ0) is 13.0. The van der Waals surface area contributed by atoms with Crippen molar-refractivity contribution in [3.63, 3.8) is 0 Å². The molecule has 0 heterocycles. The van der Waals surface area contributed by atoms with E-state index >= 15 is 0 Å². The SMILES string of the molecule is O=C(COc1cccc([N+](=O)[O-])c1)NC1CCC1. The van der Waals surface area contributed by atoms with E-state index in [2.05, 4.69) is 5.32 Å². The molecule has 0 spiro atoms. The molecule has 1 fully saturated rings. The van der Waals surface area contributed by atoms with Gasteiger partial charge >= 0.3 is 0 Å². The first-order valence-electron chi connectivity index (χ1n) is 5.82. The van der Waals surface area contributed by atoms with Crippen molar-refractivity contribution >= 4 is 11.6 Å². The molecule has 1 aliphatic rings. The highest BCUT2D eigenvalue weighted by Crippen LogP contribution is 2.19. The Kier molecular flexibility index (Phi) is 3.76. The zero-order valence-corrected chi connectivity index (χ0v) is 9.80. The van der Waals surface area contributed by atoms with Crippen LogP contribution in [0.3, 0.4) is 0 Å². The third-order valence-corrected chi connectivity index (χ3v) is 2.87. The van der Waals surface area contributed by atoms with Crippen molar-refractivity contribution in [2.24, 2.45) is 0 Å². The zero-order valence-electron chi connectivity index (χ0n) is 9.80. The van der Waals surface area contributed by atoms with Crippen LogP contribution in [0, 0.1) is 10.1 Å². The van der Waals surface area contributed by atoms with Crippen molar-refractivity contribution in [1.82, 2.24) is 5.32 Å². The van der Waals surface area contributed by atoms with Gasteiger partial charge in [0, 0.05) is 12.1 Å². The molecule has 0 bridgehead atoms. The van der Waals surface area contributed by atoms with E-state index in [-0.39, 0.29) is 24.2 Å². The highest BCUT2D eigenvalue weighted by Gasteiger charge is 2.19. The molecule has 0 unspecified atom stereocenters. The van der Waals surface area contributed by atoms with Crippen LogP contribution >= 0.6 is 0 Å². The van der Waals surface area contributed by atoms with E-state index in [1.54, 1.807) is 6.07 Å². The van der Waals surface area contributed by atoms with Crippen molar-refractivity contribution in [3.05, 3.63) is 34.4 Å². The molecule has 0 atom stereocenters. The van der Waals surface area contributed by atoms with Crippen LogP contribution in [0.15, 0.2) is 24.3 Å². The Morgan fingerprint density at radius 2 is 2.28 bits per heavy atom. The predicted octanol–water partition coefficient (Wildman–Crippen LogP) is 1.64. The smallest absolute Gasteiger partial charge is 0.273 e. The van der Waals surface area contributed by atoms with E-state index in [9.17, 15) is 14.9 Å². The first-order chi connectivity index (χ1) is 8.65. The minimum absolute atomic E-state index is 0.0492. The molecule has 2 rings (SSSR count). The van der Waals surface area contributed by atoms with E-state index in [0.717, 1.165) is 19.3 Å². The highest BCUT2D eigenvalue weighted by molar-refractivity contribution is 5.77. The number of ether oxygens (including phenoxy) is 1. The van der Waals surface area contributed by atoms with Gasteiger partial charge in [-0.15, -0.1) is 0 Å². The van der Waals surface area contributed by atoms with E-state index in [4.69, 9.17) is 4.74 Å². The fraction of sp³-hybridized carbons (Fsp3) is 0.417. The van der Waals surface area contributed by atoms with Crippen LogP contribution in [0.1, 0.15) is 19.3 Å². The lowest BCUT2D eigenvalue weighted by molar-refractivity contribution is -0.384. The Hall–Kier alpha value is -2.11. The van der Waals surface area contributed by atoms with Gasteiger partial charge in [0.25, 0.3) is 11.6 Å². The molecule has 6 nitrogen and oxygen atoms in total. The number of nitrogens with one attached hydrogen (secondary N) is 1. The molecular formula is C12H14N2O4. The van der Waals surface area contributed by atoms with E-state index in [0.29, 0.717) is 5.75 Å². The number of nitro benzene ring substituents is 1. The van der Waals surface area contributed by atoms with Crippen LogP contribution in [0.4, 0.5) is 5.69 Å². The highest BCUT2D eigenvalue weighted by atomic mass is 16.6. The van der Waals surface area contributed by atoms with Gasteiger partial charge in [-0.2, -0.15) is 0 Å². The lowest BCUT2D eigenvalue weighted by Crippen LogP contribution is -2.41. The number of non-ortho nitro benzene ring substituents is 1. The van der Waals surface area contributed by atoms with Crippen molar-refractivity contribution in [3.8, 4) is 5.75 Å². The Labute approximate surface area is 104 Å². The van der Waals surface area contributed by atoms with Gasteiger partial charge in [-0.3, -0.25) is 14.9 Å². The topological polar surface area (TPSA) is 81.5 Å². The maximum atomic E-state index is 11.5. The molecule has 1 amide bonds. The Morgan fingerprint density at radius 1 is 1.50 bits per heavy atom. The summed E-state index contributed by atoms with van der Waals surface area (Å²) in [7, 11) is 0. The lowest BCUT2D eigenvalue weighted by Gasteiger charge is -2.26. The van der Waals surface area contributed by atoms with Crippen LogP contribution in [0.5, 0.6) is 5.75 Å². The molecule has 0 saturated heterocycles. The van der Waals surface area contributed by atoms with Crippen LogP contribution < -0.4 is 10.1 Å². The molecule has 1 saturated carbocycles. The molecular weight excluding hydrogens is 236 g/mol. The third kappa shape index (κ3) is 3.19. The first kappa shape index (κ1) is 12.3. The normalized spacial score (nSPS) is 14.7. The second kappa shape index (κ2) is 5.48. The van der Waals surface area contributed by atoms with Gasteiger partial charge in [-0.25, -0.2) is 0 Å². The number of amides is 1. The quantitative estimate of drug-likeness (QED) is 0.636. The molecule has 6 heteroatoms. The molecule has 1 aromatic carbocycles. The van der Waals surface area contributed by atoms with Crippen LogP contribution in [-0.4, -0.2) is 23.5 Å². The Balaban J connectivity index is 1.83. The average Bonchev–Trinajstić information content (AvgIpc) is 2.31. The van der Waals surface area contributed by atoms with Gasteiger partial charge in [0.05, 0.1) is 11.0 Å². The number of carbonyl (C=O) groups excluding carboxylic acids is 1. The molecule has 0 aliphatic heterocycles. The van der Waals surface area contributed by atoms with Gasteiger partial charge in [0.15, 0.2) is 6.61 Å². The Bertz CT molecular complexity index is 457. The van der Waals surface area contributed by atoms with E-state index in [1.165, 1.54) is 18.2 Å². The second-order valence-corrected chi connectivity index (χ2v) is 4.24. The summed E-state index contributed by atoms with van der Waals surface area (Å²) in [6.07, 6.45) is 3.18. The molecule has 0 aromatic heterocycles. The van der Waals surface area contributed by atoms with Crippen molar-refractivity contribution < 1.29 is 14.5 Å². The summed E-state index contributed by atoms with van der Waals surface area (Å²) in [4.78, 5) is 21.5. The van der Waals surface area contributed by atoms with Crippen molar-refractivity contribution in [2.45, 2.75) is 25.3 Å². The number of carbonyl (C=O) groups is 1. The van der Waals surface area contributed by atoms with Gasteiger partial charge in [-0.1, -0.05) is 6.07 Å². The Morgan fingerprint density at radius 3 is 2.89 bits per heavy atom. The fourth-order valence-corrected chi connectivity index (χ4v) is 1.66. The summed E-state index contributed by atoms with van der Waals surface area (Å²) in [6.45, 7) is -0.113. The molecule has 0 radical (unpaired) electrons. The minimum Gasteiger partial charge on any atom is -0.484 e.